The summed E-state index contributed by atoms with van der Waals surface area (Å²) in [6.45, 7) is 0.950. The molecular weight excluding hydrogens is 571 g/mol. The zero-order valence-corrected chi connectivity index (χ0v) is 20.1. The van der Waals surface area contributed by atoms with Crippen LogP contribution in [-0.4, -0.2) is 77.2 Å². The molecule has 188 valence electrons. The third-order valence-corrected chi connectivity index (χ3v) is 6.23. The number of aliphatic hydroxyl groups is 4. The van der Waals surface area contributed by atoms with Crippen LogP contribution in [0.15, 0.2) is 31.6 Å². The normalized spacial score (nSPS) is 28.5. The Balaban J connectivity index is 0.000000191. The Hall–Kier alpha value is -2.15. The molecule has 0 spiro atoms. The molecule has 4 heterocycles. The number of H-pyrrole nitrogens is 2. The van der Waals surface area contributed by atoms with E-state index in [1.54, 1.807) is 29.5 Å². The number of hydrogen-bond donors (Lipinski definition) is 6. The molecule has 0 saturated carbocycles. The second-order valence-electron chi connectivity index (χ2n) is 7.85. The fraction of sp³-hybridized carbons (Fsp3) is 0.579. The molecule has 0 amide bonds. The van der Waals surface area contributed by atoms with Crippen molar-refractivity contribution in [1.29, 1.82) is 0 Å². The molecular formula is C19H25IN4O10. The van der Waals surface area contributed by atoms with Crippen LogP contribution in [0.2, 0.25) is 0 Å². The van der Waals surface area contributed by atoms with E-state index in [0.29, 0.717) is 9.13 Å². The number of aliphatic hydroxyl groups excluding tert-OH is 4. The zero-order chi connectivity index (χ0) is 25.2. The molecule has 0 aliphatic carbocycles. The fourth-order valence-electron chi connectivity index (χ4n) is 3.58. The van der Waals surface area contributed by atoms with Gasteiger partial charge in [0, 0.05) is 30.8 Å². The Kier molecular flexibility index (Phi) is 8.61. The Morgan fingerprint density at radius 3 is 1.76 bits per heavy atom. The first-order valence-corrected chi connectivity index (χ1v) is 11.3. The number of nitrogens with one attached hydrogen (secondary N) is 2. The maximum absolute atomic E-state index is 11.6. The van der Waals surface area contributed by atoms with Gasteiger partial charge >= 0.3 is 11.4 Å². The van der Waals surface area contributed by atoms with Crippen LogP contribution in [0.25, 0.3) is 0 Å². The first-order valence-electron chi connectivity index (χ1n) is 10.3. The molecule has 2 saturated heterocycles. The topological polar surface area (TPSA) is 209 Å². The molecule has 14 nitrogen and oxygen atoms in total. The number of nitrogens with zero attached hydrogens (tertiary/aromatic N) is 2. The molecule has 34 heavy (non-hydrogen) atoms. The standard InChI is InChI=1S/C10H14N2O5.C9H11IN2O5/c1-5-3-12(10(16)11-9(5)15)8-2-6(14)7(4-13)17-8;10-4-2-12(9(16)11-8(4)15)7-1-5(14)6(3-13)17-7/h3,6-8,13-14H,2,4H2,1H3,(H,11,15,16);2,5-7,13-14H,1,3H2,(H,11,15,16)/t6-,7+,8+;5-,6+,7?/m00/s1. The van der Waals surface area contributed by atoms with Crippen molar-refractivity contribution in [2.45, 2.75) is 56.6 Å². The molecule has 6 N–H and O–H groups in total. The van der Waals surface area contributed by atoms with E-state index >= 15 is 0 Å². The largest absolute Gasteiger partial charge is 0.394 e. The van der Waals surface area contributed by atoms with Crippen molar-refractivity contribution in [2.75, 3.05) is 13.2 Å². The monoisotopic (exact) mass is 596 g/mol. The van der Waals surface area contributed by atoms with E-state index in [1.165, 1.54) is 21.5 Å². The predicted octanol–water partition coefficient (Wildman–Crippen LogP) is -2.73. The highest BCUT2D eigenvalue weighted by molar-refractivity contribution is 14.1. The van der Waals surface area contributed by atoms with Gasteiger partial charge in [0.25, 0.3) is 11.1 Å². The van der Waals surface area contributed by atoms with Gasteiger partial charge in [-0.3, -0.25) is 28.7 Å². The summed E-state index contributed by atoms with van der Waals surface area (Å²) in [6, 6.07) is 0. The molecule has 2 aromatic heterocycles. The van der Waals surface area contributed by atoms with Gasteiger partial charge in [-0.15, -0.1) is 0 Å². The van der Waals surface area contributed by atoms with Gasteiger partial charge < -0.3 is 29.9 Å². The number of aryl methyl sites for hydroxylation is 1. The van der Waals surface area contributed by atoms with Gasteiger partial charge in [0.15, 0.2) is 0 Å². The van der Waals surface area contributed by atoms with E-state index in [9.17, 15) is 29.4 Å². The summed E-state index contributed by atoms with van der Waals surface area (Å²) < 4.78 is 13.4. The molecule has 2 aromatic rings. The number of aromatic amines is 2. The molecule has 2 aliphatic rings. The minimum Gasteiger partial charge on any atom is -0.394 e. The van der Waals surface area contributed by atoms with Crippen molar-refractivity contribution < 1.29 is 29.9 Å². The first-order chi connectivity index (χ1) is 16.0. The number of aromatic nitrogens is 4. The van der Waals surface area contributed by atoms with E-state index in [0.717, 1.165) is 0 Å². The smallest absolute Gasteiger partial charge is 0.330 e. The van der Waals surface area contributed by atoms with Gasteiger partial charge in [-0.05, 0) is 29.5 Å². The quantitative estimate of drug-likeness (QED) is 0.201. The highest BCUT2D eigenvalue weighted by atomic mass is 127. The highest BCUT2D eigenvalue weighted by Crippen LogP contribution is 2.28. The Morgan fingerprint density at radius 2 is 1.32 bits per heavy atom. The average Bonchev–Trinajstić information content (AvgIpc) is 3.35. The van der Waals surface area contributed by atoms with Gasteiger partial charge in [-0.1, -0.05) is 0 Å². The number of rotatable bonds is 4. The molecule has 2 aliphatic heterocycles. The van der Waals surface area contributed by atoms with Crippen molar-refractivity contribution in [1.82, 2.24) is 19.1 Å². The average molecular weight is 596 g/mol. The van der Waals surface area contributed by atoms with E-state index in [4.69, 9.17) is 19.7 Å². The van der Waals surface area contributed by atoms with Crippen LogP contribution in [-0.2, 0) is 9.47 Å². The minimum absolute atomic E-state index is 0.202. The van der Waals surface area contributed by atoms with Crippen molar-refractivity contribution >= 4 is 22.6 Å². The van der Waals surface area contributed by atoms with Gasteiger partial charge in [-0.25, -0.2) is 9.59 Å². The molecule has 15 heteroatoms. The van der Waals surface area contributed by atoms with Crippen LogP contribution in [0.5, 0.6) is 0 Å². The number of halogens is 1. The van der Waals surface area contributed by atoms with Gasteiger partial charge in [-0.2, -0.15) is 0 Å². The van der Waals surface area contributed by atoms with Crippen LogP contribution in [0, 0.1) is 10.5 Å². The second kappa shape index (κ2) is 11.1. The third kappa shape index (κ3) is 5.73. The Bertz CT molecular complexity index is 1140. The minimum atomic E-state index is -0.818. The maximum Gasteiger partial charge on any atom is 0.330 e. The first kappa shape index (κ1) is 26.5. The van der Waals surface area contributed by atoms with Crippen molar-refractivity contribution in [3.05, 3.63) is 63.2 Å². The molecule has 6 atom stereocenters. The van der Waals surface area contributed by atoms with Crippen LogP contribution >= 0.6 is 22.6 Å². The maximum atomic E-state index is 11.6. The summed E-state index contributed by atoms with van der Waals surface area (Å²) in [5.41, 5.74) is -1.69. The number of hydrogen-bond acceptors (Lipinski definition) is 10. The predicted molar refractivity (Wildman–Crippen MR) is 123 cm³/mol. The molecule has 0 bridgehead atoms. The summed E-state index contributed by atoms with van der Waals surface area (Å²) in [7, 11) is 0. The van der Waals surface area contributed by atoms with E-state index in [-0.39, 0.29) is 26.1 Å². The Labute approximate surface area is 204 Å². The summed E-state index contributed by atoms with van der Waals surface area (Å²) in [5.74, 6) is 0. The SMILES string of the molecule is Cc1cn([C@H]2C[C@H](O)[C@@H](CO)O2)c(=O)[nH]c1=O.O=c1[nH]c(=O)n(C2C[C@H](O)[C@@H](CO)O2)cc1I. The molecule has 2 fully saturated rings. The van der Waals surface area contributed by atoms with Gasteiger partial charge in [0.05, 0.1) is 29.0 Å². The lowest BCUT2D eigenvalue weighted by atomic mass is 10.2. The lowest BCUT2D eigenvalue weighted by Crippen LogP contribution is -2.33. The molecule has 0 radical (unpaired) electrons. The number of ether oxygens (including phenoxy) is 2. The second-order valence-corrected chi connectivity index (χ2v) is 9.01. The molecule has 0 aromatic carbocycles. The fourth-order valence-corrected chi connectivity index (χ4v) is 4.01. The van der Waals surface area contributed by atoms with Crippen LogP contribution in [0.4, 0.5) is 0 Å². The Morgan fingerprint density at radius 1 is 0.882 bits per heavy atom. The highest BCUT2D eigenvalue weighted by Gasteiger charge is 2.36. The van der Waals surface area contributed by atoms with Crippen LogP contribution < -0.4 is 22.5 Å². The lowest BCUT2D eigenvalue weighted by Gasteiger charge is -2.14. The van der Waals surface area contributed by atoms with E-state index in [1.807, 2.05) is 0 Å². The summed E-state index contributed by atoms with van der Waals surface area (Å²) in [4.78, 5) is 49.8. The van der Waals surface area contributed by atoms with E-state index < -0.39 is 59.4 Å². The summed E-state index contributed by atoms with van der Waals surface area (Å²) in [6.07, 6.45) is -1.19. The van der Waals surface area contributed by atoms with Crippen LogP contribution in [0.3, 0.4) is 0 Å². The van der Waals surface area contributed by atoms with Crippen LogP contribution in [0.1, 0.15) is 30.9 Å². The lowest BCUT2D eigenvalue weighted by molar-refractivity contribution is -0.0459. The van der Waals surface area contributed by atoms with Gasteiger partial charge in [0.1, 0.15) is 24.7 Å². The van der Waals surface area contributed by atoms with Crippen molar-refractivity contribution in [3.8, 4) is 0 Å². The van der Waals surface area contributed by atoms with Gasteiger partial charge in [0.2, 0.25) is 0 Å². The summed E-state index contributed by atoms with van der Waals surface area (Å²) >= 11 is 1.80. The van der Waals surface area contributed by atoms with Crippen molar-refractivity contribution in [3.63, 3.8) is 0 Å². The molecule has 4 rings (SSSR count). The third-order valence-electron chi connectivity index (χ3n) is 5.46. The van der Waals surface area contributed by atoms with Crippen molar-refractivity contribution in [2.24, 2.45) is 0 Å². The van der Waals surface area contributed by atoms with E-state index in [2.05, 4.69) is 9.97 Å². The molecule has 1 unspecified atom stereocenters. The zero-order valence-electron chi connectivity index (χ0n) is 18.0. The summed E-state index contributed by atoms with van der Waals surface area (Å²) in [5, 5.41) is 37.0.